The lowest BCUT2D eigenvalue weighted by Gasteiger charge is -2.29. The van der Waals surface area contributed by atoms with Crippen molar-refractivity contribution in [2.75, 3.05) is 31.1 Å². The number of anilines is 1. The Kier molecular flexibility index (Phi) is 2.80. The lowest BCUT2D eigenvalue weighted by Crippen LogP contribution is -2.43. The smallest absolute Gasteiger partial charge is 0.0884 e. The number of rotatable bonds is 2. The van der Waals surface area contributed by atoms with Gasteiger partial charge in [0.2, 0.25) is 0 Å². The van der Waals surface area contributed by atoms with E-state index in [0.29, 0.717) is 0 Å². The van der Waals surface area contributed by atoms with Gasteiger partial charge in [0, 0.05) is 31.7 Å². The van der Waals surface area contributed by atoms with E-state index < -0.39 is 0 Å². The molecule has 2 N–H and O–H groups in total. The summed E-state index contributed by atoms with van der Waals surface area (Å²) >= 11 is 0. The number of aromatic nitrogens is 2. The van der Waals surface area contributed by atoms with Crippen molar-refractivity contribution in [2.45, 2.75) is 0 Å². The lowest BCUT2D eigenvalue weighted by atomic mass is 10.1. The summed E-state index contributed by atoms with van der Waals surface area (Å²) in [5, 5.41) is 10.7. The summed E-state index contributed by atoms with van der Waals surface area (Å²) in [5.41, 5.74) is 3.52. The van der Waals surface area contributed by atoms with Crippen LogP contribution in [-0.2, 0) is 0 Å². The van der Waals surface area contributed by atoms with Gasteiger partial charge in [-0.2, -0.15) is 5.10 Å². The van der Waals surface area contributed by atoms with Crippen LogP contribution in [-0.4, -0.2) is 36.4 Å². The summed E-state index contributed by atoms with van der Waals surface area (Å²) in [5.74, 6) is 0. The van der Waals surface area contributed by atoms with Gasteiger partial charge in [-0.3, -0.25) is 5.10 Å². The first kappa shape index (κ1) is 10.4. The number of H-pyrrole nitrogens is 1. The Bertz CT molecular complexity index is 471. The van der Waals surface area contributed by atoms with Crippen molar-refractivity contribution < 1.29 is 0 Å². The molecule has 0 unspecified atom stereocenters. The van der Waals surface area contributed by atoms with Crippen molar-refractivity contribution in [3.05, 3.63) is 36.5 Å². The third-order valence-electron chi connectivity index (χ3n) is 3.14. The minimum atomic E-state index is 1.04. The van der Waals surface area contributed by atoms with Gasteiger partial charge in [0.1, 0.15) is 0 Å². The molecule has 88 valence electrons. The second-order valence-electron chi connectivity index (χ2n) is 4.23. The highest BCUT2D eigenvalue weighted by Gasteiger charge is 2.16. The largest absolute Gasteiger partial charge is 0.366 e. The average Bonchev–Trinajstić information content (AvgIpc) is 2.90. The van der Waals surface area contributed by atoms with Crippen molar-refractivity contribution in [1.82, 2.24) is 15.5 Å². The summed E-state index contributed by atoms with van der Waals surface area (Å²) < 4.78 is 0. The second kappa shape index (κ2) is 4.59. The Labute approximate surface area is 101 Å². The molecule has 4 heteroatoms. The molecule has 0 amide bonds. The van der Waals surface area contributed by atoms with E-state index in [9.17, 15) is 0 Å². The van der Waals surface area contributed by atoms with Crippen LogP contribution in [0.25, 0.3) is 11.3 Å². The molecular weight excluding hydrogens is 212 g/mol. The Balaban J connectivity index is 1.93. The second-order valence-corrected chi connectivity index (χ2v) is 4.23. The molecule has 1 saturated heterocycles. The normalized spacial score (nSPS) is 16.1. The molecule has 0 spiro atoms. The molecule has 3 rings (SSSR count). The lowest BCUT2D eigenvalue weighted by molar-refractivity contribution is 0.589. The summed E-state index contributed by atoms with van der Waals surface area (Å²) in [4.78, 5) is 2.38. The third-order valence-corrected chi connectivity index (χ3v) is 3.14. The van der Waals surface area contributed by atoms with Crippen molar-refractivity contribution in [3.63, 3.8) is 0 Å². The Morgan fingerprint density at radius 2 is 1.82 bits per heavy atom. The SMILES string of the molecule is c1ccc(-c2[nH]ncc2N2CCNCC2)cc1. The third kappa shape index (κ3) is 2.03. The van der Waals surface area contributed by atoms with Crippen LogP contribution in [0.1, 0.15) is 0 Å². The molecule has 17 heavy (non-hydrogen) atoms. The molecule has 1 aromatic heterocycles. The van der Waals surface area contributed by atoms with Gasteiger partial charge in [-0.25, -0.2) is 0 Å². The molecular formula is C13H16N4. The standard InChI is InChI=1S/C13H16N4/c1-2-4-11(5-3-1)13-12(10-15-16-13)17-8-6-14-7-9-17/h1-5,10,14H,6-9H2,(H,15,16). The molecule has 0 aliphatic carbocycles. The minimum absolute atomic E-state index is 1.04. The Hall–Kier alpha value is -1.81. The van der Waals surface area contributed by atoms with E-state index in [-0.39, 0.29) is 0 Å². The fourth-order valence-corrected chi connectivity index (χ4v) is 2.24. The Morgan fingerprint density at radius 3 is 2.59 bits per heavy atom. The van der Waals surface area contributed by atoms with Crippen molar-refractivity contribution in [3.8, 4) is 11.3 Å². The molecule has 1 aliphatic rings. The van der Waals surface area contributed by atoms with Crippen LogP contribution >= 0.6 is 0 Å². The van der Waals surface area contributed by atoms with E-state index in [4.69, 9.17) is 0 Å². The van der Waals surface area contributed by atoms with Crippen molar-refractivity contribution in [2.24, 2.45) is 0 Å². The quantitative estimate of drug-likeness (QED) is 0.818. The van der Waals surface area contributed by atoms with E-state index in [2.05, 4.69) is 44.7 Å². The van der Waals surface area contributed by atoms with Gasteiger partial charge in [0.25, 0.3) is 0 Å². The molecule has 0 atom stereocenters. The maximum atomic E-state index is 4.19. The zero-order valence-electron chi connectivity index (χ0n) is 9.69. The monoisotopic (exact) mass is 228 g/mol. The number of nitrogens with one attached hydrogen (secondary N) is 2. The summed E-state index contributed by atoms with van der Waals surface area (Å²) in [6.07, 6.45) is 1.92. The number of piperazine rings is 1. The van der Waals surface area contributed by atoms with Gasteiger partial charge in [0.15, 0.2) is 0 Å². The summed E-state index contributed by atoms with van der Waals surface area (Å²) in [6.45, 7) is 4.16. The van der Waals surface area contributed by atoms with E-state index in [1.54, 1.807) is 0 Å². The molecule has 1 aromatic carbocycles. The predicted octanol–water partition coefficient (Wildman–Crippen LogP) is 1.49. The molecule has 1 fully saturated rings. The average molecular weight is 228 g/mol. The number of aromatic amines is 1. The highest BCUT2D eigenvalue weighted by molar-refractivity contribution is 5.74. The highest BCUT2D eigenvalue weighted by Crippen LogP contribution is 2.28. The zero-order chi connectivity index (χ0) is 11.5. The first-order valence-electron chi connectivity index (χ1n) is 5.99. The van der Waals surface area contributed by atoms with Gasteiger partial charge in [-0.15, -0.1) is 0 Å². The van der Waals surface area contributed by atoms with Gasteiger partial charge in [-0.05, 0) is 0 Å². The molecule has 0 saturated carbocycles. The first-order chi connectivity index (χ1) is 8.45. The maximum absolute atomic E-state index is 4.19. The maximum Gasteiger partial charge on any atom is 0.0884 e. The van der Waals surface area contributed by atoms with Gasteiger partial charge >= 0.3 is 0 Å². The molecule has 2 heterocycles. The predicted molar refractivity (Wildman–Crippen MR) is 69.1 cm³/mol. The molecule has 1 aliphatic heterocycles. The topological polar surface area (TPSA) is 44.0 Å². The van der Waals surface area contributed by atoms with Crippen LogP contribution in [0.5, 0.6) is 0 Å². The van der Waals surface area contributed by atoms with Crippen LogP contribution in [0, 0.1) is 0 Å². The fourth-order valence-electron chi connectivity index (χ4n) is 2.24. The zero-order valence-corrected chi connectivity index (χ0v) is 9.69. The number of benzene rings is 1. The molecule has 2 aromatic rings. The minimum Gasteiger partial charge on any atom is -0.366 e. The summed E-state index contributed by atoms with van der Waals surface area (Å²) in [7, 11) is 0. The van der Waals surface area contributed by atoms with Crippen LogP contribution in [0.3, 0.4) is 0 Å². The molecule has 4 nitrogen and oxygen atoms in total. The van der Waals surface area contributed by atoms with Gasteiger partial charge < -0.3 is 10.2 Å². The van der Waals surface area contributed by atoms with Crippen LogP contribution in [0.15, 0.2) is 36.5 Å². The highest BCUT2D eigenvalue weighted by atomic mass is 15.2. The fraction of sp³-hybridized carbons (Fsp3) is 0.308. The van der Waals surface area contributed by atoms with E-state index in [1.807, 2.05) is 12.3 Å². The summed E-state index contributed by atoms with van der Waals surface area (Å²) in [6, 6.07) is 10.4. The van der Waals surface area contributed by atoms with Crippen LogP contribution in [0.4, 0.5) is 5.69 Å². The van der Waals surface area contributed by atoms with Crippen LogP contribution < -0.4 is 10.2 Å². The number of hydrogen-bond donors (Lipinski definition) is 2. The molecule has 0 bridgehead atoms. The van der Waals surface area contributed by atoms with Crippen molar-refractivity contribution >= 4 is 5.69 Å². The van der Waals surface area contributed by atoms with Gasteiger partial charge in [0.05, 0.1) is 17.6 Å². The molecule has 0 radical (unpaired) electrons. The van der Waals surface area contributed by atoms with Crippen molar-refractivity contribution in [1.29, 1.82) is 0 Å². The van der Waals surface area contributed by atoms with E-state index in [1.165, 1.54) is 11.3 Å². The van der Waals surface area contributed by atoms with Gasteiger partial charge in [-0.1, -0.05) is 30.3 Å². The first-order valence-corrected chi connectivity index (χ1v) is 5.99. The van der Waals surface area contributed by atoms with E-state index >= 15 is 0 Å². The van der Waals surface area contributed by atoms with E-state index in [0.717, 1.165) is 31.9 Å². The number of hydrogen-bond acceptors (Lipinski definition) is 3. The van der Waals surface area contributed by atoms with Crippen LogP contribution in [0.2, 0.25) is 0 Å². The Morgan fingerprint density at radius 1 is 1.06 bits per heavy atom. The number of nitrogens with zero attached hydrogens (tertiary/aromatic N) is 2.